The van der Waals surface area contributed by atoms with Crippen molar-refractivity contribution >= 4 is 16.7 Å². The Morgan fingerprint density at radius 1 is 1.11 bits per heavy atom. The lowest BCUT2D eigenvalue weighted by Gasteiger charge is -1.96. The van der Waals surface area contributed by atoms with Crippen LogP contribution in [0.2, 0.25) is 0 Å². The molecule has 3 aromatic heterocycles. The van der Waals surface area contributed by atoms with Gasteiger partial charge in [-0.3, -0.25) is 5.10 Å². The SMILES string of the molecule is Cc1nc2[nH]ncc2c2nc(-c3ccccc3)nn12. The summed E-state index contributed by atoms with van der Waals surface area (Å²) in [5, 5.41) is 12.3. The molecule has 0 saturated heterocycles. The molecule has 0 fully saturated rings. The lowest BCUT2D eigenvalue weighted by atomic mass is 10.2. The van der Waals surface area contributed by atoms with Crippen molar-refractivity contribution in [2.75, 3.05) is 0 Å². The Labute approximate surface area is 108 Å². The van der Waals surface area contributed by atoms with E-state index in [-0.39, 0.29) is 0 Å². The van der Waals surface area contributed by atoms with E-state index in [2.05, 4.69) is 25.3 Å². The molecule has 3 heterocycles. The third-order valence-corrected chi connectivity index (χ3v) is 3.08. The van der Waals surface area contributed by atoms with Gasteiger partial charge in [0.05, 0.1) is 11.6 Å². The number of nitrogens with one attached hydrogen (secondary N) is 1. The maximum absolute atomic E-state index is 4.60. The lowest BCUT2D eigenvalue weighted by Crippen LogP contribution is -1.97. The van der Waals surface area contributed by atoms with E-state index in [1.54, 1.807) is 10.7 Å². The number of aryl methyl sites for hydroxylation is 1. The van der Waals surface area contributed by atoms with E-state index >= 15 is 0 Å². The van der Waals surface area contributed by atoms with Crippen LogP contribution >= 0.6 is 0 Å². The highest BCUT2D eigenvalue weighted by atomic mass is 15.3. The number of hydrogen-bond acceptors (Lipinski definition) is 4. The van der Waals surface area contributed by atoms with Gasteiger partial charge in [-0.2, -0.15) is 9.61 Å². The fraction of sp³-hybridized carbons (Fsp3) is 0.0769. The second-order valence-corrected chi connectivity index (χ2v) is 4.33. The monoisotopic (exact) mass is 250 g/mol. The van der Waals surface area contributed by atoms with Crippen LogP contribution in [0.3, 0.4) is 0 Å². The zero-order chi connectivity index (χ0) is 12.8. The molecule has 0 unspecified atom stereocenters. The molecule has 6 nitrogen and oxygen atoms in total. The summed E-state index contributed by atoms with van der Waals surface area (Å²) in [4.78, 5) is 9.01. The van der Waals surface area contributed by atoms with Crippen LogP contribution in [-0.2, 0) is 0 Å². The van der Waals surface area contributed by atoms with Crippen LogP contribution < -0.4 is 0 Å². The lowest BCUT2D eigenvalue weighted by molar-refractivity contribution is 0.876. The Kier molecular flexibility index (Phi) is 1.94. The predicted molar refractivity (Wildman–Crippen MR) is 70.6 cm³/mol. The highest BCUT2D eigenvalue weighted by Gasteiger charge is 2.13. The molecule has 0 amide bonds. The second kappa shape index (κ2) is 3.61. The third kappa shape index (κ3) is 1.43. The fourth-order valence-electron chi connectivity index (χ4n) is 2.16. The molecule has 0 saturated carbocycles. The molecule has 19 heavy (non-hydrogen) atoms. The van der Waals surface area contributed by atoms with Crippen LogP contribution in [0.5, 0.6) is 0 Å². The van der Waals surface area contributed by atoms with Crippen molar-refractivity contribution in [3.05, 3.63) is 42.4 Å². The Morgan fingerprint density at radius 2 is 1.95 bits per heavy atom. The van der Waals surface area contributed by atoms with Crippen LogP contribution in [0.15, 0.2) is 36.5 Å². The summed E-state index contributed by atoms with van der Waals surface area (Å²) < 4.78 is 1.75. The van der Waals surface area contributed by atoms with Gasteiger partial charge in [-0.25, -0.2) is 9.97 Å². The van der Waals surface area contributed by atoms with Gasteiger partial charge in [-0.1, -0.05) is 30.3 Å². The second-order valence-electron chi connectivity index (χ2n) is 4.33. The maximum atomic E-state index is 4.60. The van der Waals surface area contributed by atoms with Crippen molar-refractivity contribution in [1.29, 1.82) is 0 Å². The molecular formula is C13H10N6. The van der Waals surface area contributed by atoms with Gasteiger partial charge >= 0.3 is 0 Å². The van der Waals surface area contributed by atoms with Crippen LogP contribution in [0.25, 0.3) is 28.1 Å². The first kappa shape index (κ1) is 10.2. The first-order valence-electron chi connectivity index (χ1n) is 5.95. The van der Waals surface area contributed by atoms with E-state index in [1.807, 2.05) is 37.3 Å². The number of nitrogens with zero attached hydrogens (tertiary/aromatic N) is 5. The average molecular weight is 250 g/mol. The Hall–Kier alpha value is -2.76. The fourth-order valence-corrected chi connectivity index (χ4v) is 2.16. The molecule has 1 N–H and O–H groups in total. The molecule has 0 spiro atoms. The quantitative estimate of drug-likeness (QED) is 0.560. The van der Waals surface area contributed by atoms with Gasteiger partial charge in [0.15, 0.2) is 17.1 Å². The van der Waals surface area contributed by atoms with Gasteiger partial charge < -0.3 is 0 Å². The summed E-state index contributed by atoms with van der Waals surface area (Å²) in [5.41, 5.74) is 2.49. The predicted octanol–water partition coefficient (Wildman–Crippen LogP) is 1.98. The van der Waals surface area contributed by atoms with E-state index in [1.165, 1.54) is 0 Å². The molecule has 0 aliphatic rings. The number of rotatable bonds is 1. The van der Waals surface area contributed by atoms with Crippen molar-refractivity contribution in [1.82, 2.24) is 29.8 Å². The van der Waals surface area contributed by atoms with Crippen LogP contribution in [0.4, 0.5) is 0 Å². The molecule has 4 aromatic rings. The van der Waals surface area contributed by atoms with Gasteiger partial charge in [-0.15, -0.1) is 5.10 Å². The van der Waals surface area contributed by atoms with Gasteiger partial charge in [-0.05, 0) is 6.92 Å². The minimum absolute atomic E-state index is 0.694. The minimum Gasteiger partial charge on any atom is -0.261 e. The molecule has 1 aromatic carbocycles. The molecule has 0 atom stereocenters. The summed E-state index contributed by atoms with van der Waals surface area (Å²) in [6.45, 7) is 1.90. The summed E-state index contributed by atoms with van der Waals surface area (Å²) in [6, 6.07) is 9.90. The largest absolute Gasteiger partial charge is 0.261 e. The highest BCUT2D eigenvalue weighted by molar-refractivity contribution is 5.88. The van der Waals surface area contributed by atoms with Crippen molar-refractivity contribution in [3.8, 4) is 11.4 Å². The zero-order valence-corrected chi connectivity index (χ0v) is 10.2. The van der Waals surface area contributed by atoms with E-state index in [9.17, 15) is 0 Å². The molecule has 0 aliphatic carbocycles. The zero-order valence-electron chi connectivity index (χ0n) is 10.2. The Bertz CT molecular complexity index is 874. The van der Waals surface area contributed by atoms with Crippen LogP contribution in [0, 0.1) is 6.92 Å². The summed E-state index contributed by atoms with van der Waals surface area (Å²) >= 11 is 0. The Balaban J connectivity index is 2.08. The normalized spacial score (nSPS) is 11.4. The topological polar surface area (TPSA) is 71.8 Å². The average Bonchev–Trinajstić information content (AvgIpc) is 3.05. The van der Waals surface area contributed by atoms with Gasteiger partial charge in [0.2, 0.25) is 0 Å². The van der Waals surface area contributed by atoms with Crippen molar-refractivity contribution in [3.63, 3.8) is 0 Å². The number of H-pyrrole nitrogens is 1. The van der Waals surface area contributed by atoms with Crippen molar-refractivity contribution in [2.24, 2.45) is 0 Å². The van der Waals surface area contributed by atoms with Gasteiger partial charge in [0.1, 0.15) is 5.82 Å². The molecular weight excluding hydrogens is 240 g/mol. The smallest absolute Gasteiger partial charge is 0.182 e. The molecule has 0 aliphatic heterocycles. The first-order chi connectivity index (χ1) is 9.33. The van der Waals surface area contributed by atoms with Crippen molar-refractivity contribution in [2.45, 2.75) is 6.92 Å². The standard InChI is InChI=1S/C13H10N6/c1-8-15-12-10(7-14-17-12)13-16-11(18-19(8)13)9-5-3-2-4-6-9/h2-7H,1H3,(H,14,17). The van der Waals surface area contributed by atoms with E-state index < -0.39 is 0 Å². The van der Waals surface area contributed by atoms with Crippen LogP contribution in [-0.4, -0.2) is 29.8 Å². The third-order valence-electron chi connectivity index (χ3n) is 3.08. The van der Waals surface area contributed by atoms with Crippen molar-refractivity contribution < 1.29 is 0 Å². The molecule has 92 valence electrons. The summed E-state index contributed by atoms with van der Waals surface area (Å²) in [5.74, 6) is 1.47. The number of aromatic amines is 1. The van der Waals surface area contributed by atoms with Gasteiger partial charge in [0, 0.05) is 5.56 Å². The van der Waals surface area contributed by atoms with E-state index in [0.29, 0.717) is 5.82 Å². The summed E-state index contributed by atoms with van der Waals surface area (Å²) in [6.07, 6.45) is 1.72. The van der Waals surface area contributed by atoms with Gasteiger partial charge in [0.25, 0.3) is 0 Å². The van der Waals surface area contributed by atoms with E-state index in [0.717, 1.165) is 28.1 Å². The molecule has 4 rings (SSSR count). The highest BCUT2D eigenvalue weighted by Crippen LogP contribution is 2.20. The van der Waals surface area contributed by atoms with E-state index in [4.69, 9.17) is 0 Å². The van der Waals surface area contributed by atoms with Crippen LogP contribution in [0.1, 0.15) is 5.82 Å². The summed E-state index contributed by atoms with van der Waals surface area (Å²) in [7, 11) is 0. The number of fused-ring (bicyclic) bond motifs is 3. The number of hydrogen-bond donors (Lipinski definition) is 1. The maximum Gasteiger partial charge on any atom is 0.182 e. The molecule has 0 bridgehead atoms. The first-order valence-corrected chi connectivity index (χ1v) is 5.95. The number of aromatic nitrogens is 6. The molecule has 6 heteroatoms. The molecule has 0 radical (unpaired) electrons. The Morgan fingerprint density at radius 3 is 2.79 bits per heavy atom. The number of benzene rings is 1. The minimum atomic E-state index is 0.694.